The molecule has 3 rings (SSSR count). The van der Waals surface area contributed by atoms with Gasteiger partial charge < -0.3 is 15.0 Å². The first-order valence-corrected chi connectivity index (χ1v) is 15.8. The summed E-state index contributed by atoms with van der Waals surface area (Å²) in [6, 6.07) is 15.5. The highest BCUT2D eigenvalue weighted by Gasteiger charge is 2.37. The molecule has 0 saturated heterocycles. The molecule has 8 nitrogen and oxygen atoms in total. The van der Waals surface area contributed by atoms with Crippen molar-refractivity contribution in [3.63, 3.8) is 0 Å². The van der Waals surface area contributed by atoms with Crippen LogP contribution in [0.15, 0.2) is 77.7 Å². The first kappa shape index (κ1) is 34.7. The van der Waals surface area contributed by atoms with Gasteiger partial charge in [0.05, 0.1) is 28.3 Å². The third kappa shape index (κ3) is 8.66. The van der Waals surface area contributed by atoms with Gasteiger partial charge in [0.25, 0.3) is 10.0 Å². The topological polar surface area (TPSA) is 96.0 Å². The molecule has 1 atom stereocenters. The summed E-state index contributed by atoms with van der Waals surface area (Å²) in [4.78, 5) is 28.4. The SMILES string of the molecule is CCCCNC(=O)C(CC)N(Cc1cccc(OC)c1)C(=O)CN(c1ccc(Cl)c(C(F)(F)F)c1)S(=O)(=O)c1ccccc1. The maximum absolute atomic E-state index is 14.1. The van der Waals surface area contributed by atoms with Crippen molar-refractivity contribution in [1.29, 1.82) is 0 Å². The highest BCUT2D eigenvalue weighted by Crippen LogP contribution is 2.38. The van der Waals surface area contributed by atoms with E-state index in [2.05, 4.69) is 5.32 Å². The molecule has 0 saturated carbocycles. The molecule has 0 aliphatic heterocycles. The van der Waals surface area contributed by atoms with Gasteiger partial charge in [-0.2, -0.15) is 13.2 Å². The number of unbranched alkanes of at least 4 members (excludes halogenated alkanes) is 1. The zero-order chi connectivity index (χ0) is 32.5. The van der Waals surface area contributed by atoms with Crippen molar-refractivity contribution in [1.82, 2.24) is 10.2 Å². The molecule has 238 valence electrons. The molecule has 0 radical (unpaired) electrons. The number of rotatable bonds is 14. The maximum Gasteiger partial charge on any atom is 0.417 e. The number of alkyl halides is 3. The van der Waals surface area contributed by atoms with E-state index in [1.54, 1.807) is 37.3 Å². The zero-order valence-electron chi connectivity index (χ0n) is 24.6. The van der Waals surface area contributed by atoms with Gasteiger partial charge in [0.15, 0.2) is 0 Å². The van der Waals surface area contributed by atoms with Crippen molar-refractivity contribution >= 4 is 39.1 Å². The molecule has 3 aromatic rings. The summed E-state index contributed by atoms with van der Waals surface area (Å²) in [6.45, 7) is 3.07. The molecule has 44 heavy (non-hydrogen) atoms. The fraction of sp³-hybridized carbons (Fsp3) is 0.355. The Kier molecular flexibility index (Phi) is 12.1. The van der Waals surface area contributed by atoms with Gasteiger partial charge in [-0.1, -0.05) is 62.2 Å². The van der Waals surface area contributed by atoms with Crippen molar-refractivity contribution in [2.75, 3.05) is 24.5 Å². The van der Waals surface area contributed by atoms with E-state index in [4.69, 9.17) is 16.3 Å². The highest BCUT2D eigenvalue weighted by molar-refractivity contribution is 7.92. The van der Waals surface area contributed by atoms with E-state index in [9.17, 15) is 31.2 Å². The van der Waals surface area contributed by atoms with E-state index >= 15 is 0 Å². The molecule has 0 fully saturated rings. The maximum atomic E-state index is 14.1. The molecule has 1 N–H and O–H groups in total. The van der Waals surface area contributed by atoms with E-state index in [-0.39, 0.29) is 17.9 Å². The Labute approximate surface area is 260 Å². The Hall–Kier alpha value is -3.77. The average molecular weight is 654 g/mol. The number of halogens is 4. The van der Waals surface area contributed by atoms with Crippen molar-refractivity contribution < 1.29 is 35.9 Å². The number of nitrogens with zero attached hydrogens (tertiary/aromatic N) is 2. The first-order valence-electron chi connectivity index (χ1n) is 14.0. The number of sulfonamides is 1. The second kappa shape index (κ2) is 15.3. The minimum atomic E-state index is -4.89. The fourth-order valence-electron chi connectivity index (χ4n) is 4.53. The van der Waals surface area contributed by atoms with E-state index in [1.165, 1.54) is 36.3 Å². The van der Waals surface area contributed by atoms with Crippen LogP contribution in [0.1, 0.15) is 44.2 Å². The summed E-state index contributed by atoms with van der Waals surface area (Å²) >= 11 is 5.82. The summed E-state index contributed by atoms with van der Waals surface area (Å²) in [5.41, 5.74) is -1.08. The smallest absolute Gasteiger partial charge is 0.417 e. The molecule has 0 aliphatic rings. The van der Waals surface area contributed by atoms with Crippen LogP contribution in [0.5, 0.6) is 5.75 Å². The van der Waals surface area contributed by atoms with Crippen LogP contribution in [-0.2, 0) is 32.3 Å². The molecular formula is C31H35ClF3N3O5S. The van der Waals surface area contributed by atoms with Gasteiger partial charge in [-0.3, -0.25) is 13.9 Å². The van der Waals surface area contributed by atoms with Gasteiger partial charge in [-0.05, 0) is 60.9 Å². The second-order valence-electron chi connectivity index (χ2n) is 9.93. The number of hydrogen-bond acceptors (Lipinski definition) is 5. The molecule has 1 unspecified atom stereocenters. The van der Waals surface area contributed by atoms with Crippen LogP contribution in [-0.4, -0.2) is 51.4 Å². The lowest BCUT2D eigenvalue weighted by Gasteiger charge is -2.33. The lowest BCUT2D eigenvalue weighted by atomic mass is 10.1. The fourth-order valence-corrected chi connectivity index (χ4v) is 6.18. The van der Waals surface area contributed by atoms with Crippen molar-refractivity contribution in [3.8, 4) is 5.75 Å². The van der Waals surface area contributed by atoms with Gasteiger partial charge >= 0.3 is 6.18 Å². The van der Waals surface area contributed by atoms with Crippen molar-refractivity contribution in [2.45, 2.75) is 56.8 Å². The molecular weight excluding hydrogens is 619 g/mol. The monoisotopic (exact) mass is 653 g/mol. The molecule has 0 spiro atoms. The van der Waals surface area contributed by atoms with E-state index in [0.29, 0.717) is 34.7 Å². The van der Waals surface area contributed by atoms with Gasteiger partial charge in [0.1, 0.15) is 18.3 Å². The van der Waals surface area contributed by atoms with Crippen LogP contribution in [0, 0.1) is 0 Å². The lowest BCUT2D eigenvalue weighted by molar-refractivity contribution is -0.140. The lowest BCUT2D eigenvalue weighted by Crippen LogP contribution is -2.52. The Morgan fingerprint density at radius 2 is 1.70 bits per heavy atom. The van der Waals surface area contributed by atoms with Crippen LogP contribution in [0.4, 0.5) is 18.9 Å². The Balaban J connectivity index is 2.12. The summed E-state index contributed by atoms with van der Waals surface area (Å²) < 4.78 is 75.0. The predicted molar refractivity (Wildman–Crippen MR) is 163 cm³/mol. The summed E-state index contributed by atoms with van der Waals surface area (Å²) in [5.74, 6) is -0.724. The summed E-state index contributed by atoms with van der Waals surface area (Å²) in [6.07, 6.45) is -3.15. The van der Waals surface area contributed by atoms with E-state index < -0.39 is 56.9 Å². The molecule has 3 aromatic carbocycles. The summed E-state index contributed by atoms with van der Waals surface area (Å²) in [5, 5.41) is 2.19. The number of carbonyl (C=O) groups is 2. The van der Waals surface area contributed by atoms with Crippen molar-refractivity contribution in [2.24, 2.45) is 0 Å². The summed E-state index contributed by atoms with van der Waals surface area (Å²) in [7, 11) is -3.08. The highest BCUT2D eigenvalue weighted by atomic mass is 35.5. The Bertz CT molecular complexity index is 1540. The number of ether oxygens (including phenoxy) is 1. The minimum Gasteiger partial charge on any atom is -0.497 e. The molecule has 0 bridgehead atoms. The van der Waals surface area contributed by atoms with Crippen LogP contribution < -0.4 is 14.4 Å². The van der Waals surface area contributed by atoms with Gasteiger partial charge in [0, 0.05) is 13.1 Å². The molecule has 2 amide bonds. The van der Waals surface area contributed by atoms with Gasteiger partial charge in [-0.25, -0.2) is 8.42 Å². The number of methoxy groups -OCH3 is 1. The minimum absolute atomic E-state index is 0.0939. The third-order valence-corrected chi connectivity index (χ3v) is 8.97. The number of benzene rings is 3. The number of anilines is 1. The van der Waals surface area contributed by atoms with Crippen LogP contribution in [0.3, 0.4) is 0 Å². The standard InChI is InChI=1S/C31H35ClF3N3O5S/c1-4-6-17-36-30(40)28(5-2)37(20-22-11-10-12-24(18-22)43-3)29(39)21-38(44(41,42)25-13-8-7-9-14-25)23-15-16-27(32)26(19-23)31(33,34)35/h7-16,18-19,28H,4-6,17,20-21H2,1-3H3,(H,36,40). The molecule has 0 aromatic heterocycles. The molecule has 0 aliphatic carbocycles. The number of carbonyl (C=O) groups excluding carboxylic acids is 2. The van der Waals surface area contributed by atoms with Crippen LogP contribution >= 0.6 is 11.6 Å². The first-order chi connectivity index (χ1) is 20.8. The molecule has 0 heterocycles. The van der Waals surface area contributed by atoms with Crippen LogP contribution in [0.2, 0.25) is 5.02 Å². The largest absolute Gasteiger partial charge is 0.497 e. The number of hydrogen-bond donors (Lipinski definition) is 1. The molecule has 13 heteroatoms. The van der Waals surface area contributed by atoms with Gasteiger partial charge in [-0.15, -0.1) is 0 Å². The Morgan fingerprint density at radius 1 is 1.00 bits per heavy atom. The van der Waals surface area contributed by atoms with Gasteiger partial charge in [0.2, 0.25) is 11.8 Å². The van der Waals surface area contributed by atoms with Crippen molar-refractivity contribution in [3.05, 3.63) is 88.9 Å². The number of nitrogens with one attached hydrogen (secondary N) is 1. The number of amides is 2. The van der Waals surface area contributed by atoms with E-state index in [0.717, 1.165) is 18.6 Å². The second-order valence-corrected chi connectivity index (χ2v) is 12.2. The Morgan fingerprint density at radius 3 is 2.32 bits per heavy atom. The average Bonchev–Trinajstić information content (AvgIpc) is 3.00. The zero-order valence-corrected chi connectivity index (χ0v) is 26.2. The third-order valence-electron chi connectivity index (χ3n) is 6.86. The predicted octanol–water partition coefficient (Wildman–Crippen LogP) is 6.29. The normalized spacial score (nSPS) is 12.3. The van der Waals surface area contributed by atoms with Crippen LogP contribution in [0.25, 0.3) is 0 Å². The van der Waals surface area contributed by atoms with E-state index in [1.807, 2.05) is 6.92 Å². The quantitative estimate of drug-likeness (QED) is 0.207.